The zero-order chi connectivity index (χ0) is 19.4. The number of carbonyl (C=O) groups is 2. The second-order valence-corrected chi connectivity index (χ2v) is 9.36. The first kappa shape index (κ1) is 18.3. The summed E-state index contributed by atoms with van der Waals surface area (Å²) in [6.45, 7) is 9.76. The lowest BCUT2D eigenvalue weighted by atomic mass is 9.69. The number of carbonyl (C=O) groups excluding carboxylic acids is 2. The molecule has 27 heavy (non-hydrogen) atoms. The molecule has 0 radical (unpaired) electrons. The molecule has 3 unspecified atom stereocenters. The van der Waals surface area contributed by atoms with E-state index in [9.17, 15) is 9.59 Å². The summed E-state index contributed by atoms with van der Waals surface area (Å²) in [4.78, 5) is 26.7. The summed E-state index contributed by atoms with van der Waals surface area (Å²) in [5.74, 6) is 0.857. The van der Waals surface area contributed by atoms with Crippen molar-refractivity contribution in [2.24, 2.45) is 16.7 Å². The summed E-state index contributed by atoms with van der Waals surface area (Å²) >= 11 is 0. The highest BCUT2D eigenvalue weighted by Gasteiger charge is 2.61. The molecule has 3 atom stereocenters. The molecule has 146 valence electrons. The van der Waals surface area contributed by atoms with Crippen LogP contribution in [-0.2, 0) is 4.79 Å². The van der Waals surface area contributed by atoms with Gasteiger partial charge in [-0.2, -0.15) is 0 Å². The predicted octanol–water partition coefficient (Wildman–Crippen LogP) is 4.46. The van der Waals surface area contributed by atoms with E-state index in [2.05, 4.69) is 31.4 Å². The van der Waals surface area contributed by atoms with Crippen LogP contribution in [0.4, 0.5) is 16.2 Å². The molecular weight excluding hydrogens is 338 g/mol. The molecule has 0 aromatic heterocycles. The Kier molecular flexibility index (Phi) is 4.24. The van der Waals surface area contributed by atoms with Crippen LogP contribution < -0.4 is 15.5 Å². The number of benzene rings is 1. The van der Waals surface area contributed by atoms with Gasteiger partial charge in [-0.3, -0.25) is 4.79 Å². The molecule has 1 aromatic carbocycles. The topological polar surface area (TPSA) is 61.4 Å². The van der Waals surface area contributed by atoms with Gasteiger partial charge in [-0.1, -0.05) is 26.8 Å². The van der Waals surface area contributed by atoms with Crippen LogP contribution >= 0.6 is 0 Å². The van der Waals surface area contributed by atoms with Gasteiger partial charge in [0.05, 0.1) is 0 Å². The van der Waals surface area contributed by atoms with Crippen molar-refractivity contribution in [3.05, 3.63) is 23.8 Å². The average molecular weight is 370 g/mol. The first-order valence-corrected chi connectivity index (χ1v) is 10.2. The molecule has 3 aliphatic rings. The van der Waals surface area contributed by atoms with E-state index in [1.54, 1.807) is 0 Å². The van der Waals surface area contributed by atoms with Crippen molar-refractivity contribution in [1.82, 2.24) is 5.32 Å². The number of amides is 3. The Morgan fingerprint density at radius 3 is 2.63 bits per heavy atom. The number of anilines is 2. The van der Waals surface area contributed by atoms with Gasteiger partial charge in [0.1, 0.15) is 0 Å². The molecule has 1 aliphatic heterocycles. The summed E-state index contributed by atoms with van der Waals surface area (Å²) < 4.78 is 0. The van der Waals surface area contributed by atoms with Gasteiger partial charge in [0.15, 0.2) is 0 Å². The van der Waals surface area contributed by atoms with E-state index in [-0.39, 0.29) is 28.8 Å². The number of urea groups is 1. The number of nitrogens with one attached hydrogen (secondary N) is 2. The Morgan fingerprint density at radius 2 is 2.04 bits per heavy atom. The number of fused-ring (bicyclic) bond motifs is 2. The minimum Gasteiger partial charge on any atom is -0.335 e. The molecule has 1 saturated heterocycles. The number of hydrogen-bond acceptors (Lipinski definition) is 2. The minimum absolute atomic E-state index is 0.141. The molecule has 5 heteroatoms. The van der Waals surface area contributed by atoms with Gasteiger partial charge < -0.3 is 15.5 Å². The van der Waals surface area contributed by atoms with Crippen LogP contribution in [0, 0.1) is 23.7 Å². The first-order valence-electron chi connectivity index (χ1n) is 10.2. The van der Waals surface area contributed by atoms with E-state index < -0.39 is 0 Å². The number of rotatable bonds is 3. The van der Waals surface area contributed by atoms with Gasteiger partial charge >= 0.3 is 6.03 Å². The van der Waals surface area contributed by atoms with Crippen LogP contribution in [0.3, 0.4) is 0 Å². The van der Waals surface area contributed by atoms with Gasteiger partial charge in [0.25, 0.3) is 0 Å². The van der Waals surface area contributed by atoms with E-state index in [0.717, 1.165) is 36.3 Å². The van der Waals surface area contributed by atoms with Crippen LogP contribution in [0.1, 0.15) is 58.4 Å². The van der Waals surface area contributed by atoms with E-state index >= 15 is 0 Å². The first-order chi connectivity index (χ1) is 12.7. The molecule has 2 saturated carbocycles. The molecular formula is C22H31N3O2. The van der Waals surface area contributed by atoms with Crippen LogP contribution in [-0.4, -0.2) is 24.5 Å². The van der Waals surface area contributed by atoms with Gasteiger partial charge in [0, 0.05) is 30.4 Å². The zero-order valence-electron chi connectivity index (χ0n) is 16.9. The Hall–Kier alpha value is -2.04. The van der Waals surface area contributed by atoms with Crippen molar-refractivity contribution in [3.63, 3.8) is 0 Å². The van der Waals surface area contributed by atoms with Gasteiger partial charge in [-0.05, 0) is 67.1 Å². The molecule has 0 spiro atoms. The lowest BCUT2D eigenvalue weighted by Gasteiger charge is -2.39. The van der Waals surface area contributed by atoms with Gasteiger partial charge in [-0.15, -0.1) is 0 Å². The van der Waals surface area contributed by atoms with Gasteiger partial charge in [0.2, 0.25) is 5.91 Å². The van der Waals surface area contributed by atoms with Crippen LogP contribution in [0.25, 0.3) is 0 Å². The van der Waals surface area contributed by atoms with Crippen molar-refractivity contribution in [2.75, 3.05) is 16.8 Å². The Bertz CT molecular complexity index is 788. The highest BCUT2D eigenvalue weighted by molar-refractivity contribution is 5.98. The van der Waals surface area contributed by atoms with Crippen LogP contribution in [0.15, 0.2) is 18.2 Å². The summed E-state index contributed by atoms with van der Waals surface area (Å²) in [6.07, 6.45) is 5.02. The normalized spacial score (nSPS) is 31.4. The second-order valence-electron chi connectivity index (χ2n) is 9.36. The van der Waals surface area contributed by atoms with Crippen molar-refractivity contribution in [1.29, 1.82) is 0 Å². The second kappa shape index (κ2) is 6.25. The molecule has 2 aliphatic carbocycles. The summed E-state index contributed by atoms with van der Waals surface area (Å²) in [7, 11) is 0. The van der Waals surface area contributed by atoms with Crippen molar-refractivity contribution in [3.8, 4) is 0 Å². The van der Waals surface area contributed by atoms with Crippen LogP contribution in [0.2, 0.25) is 0 Å². The summed E-state index contributed by atoms with van der Waals surface area (Å²) in [6, 6.07) is 5.85. The minimum atomic E-state index is -0.141. The SMILES string of the molecule is Cc1c(NC(=O)NC2CC3CCC2(C)C3(C)C)cccc1N1CCCC1=O. The zero-order valence-corrected chi connectivity index (χ0v) is 16.9. The van der Waals surface area contributed by atoms with Crippen LogP contribution in [0.5, 0.6) is 0 Å². The van der Waals surface area contributed by atoms with Gasteiger partial charge in [-0.25, -0.2) is 4.79 Å². The van der Waals surface area contributed by atoms with Crippen molar-refractivity contribution < 1.29 is 9.59 Å². The fourth-order valence-corrected chi connectivity index (χ4v) is 5.69. The molecule has 1 aromatic rings. The highest BCUT2D eigenvalue weighted by atomic mass is 16.2. The smallest absolute Gasteiger partial charge is 0.319 e. The Labute approximate surface area is 161 Å². The Balaban J connectivity index is 1.47. The third-order valence-corrected chi connectivity index (χ3v) is 8.02. The molecule has 5 nitrogen and oxygen atoms in total. The van der Waals surface area contributed by atoms with Crippen molar-refractivity contribution >= 4 is 23.3 Å². The molecule has 2 bridgehead atoms. The fourth-order valence-electron chi connectivity index (χ4n) is 5.69. The maximum atomic E-state index is 12.7. The van der Waals surface area contributed by atoms with E-state index in [1.165, 1.54) is 12.8 Å². The third-order valence-electron chi connectivity index (χ3n) is 8.02. The molecule has 3 amide bonds. The predicted molar refractivity (Wildman–Crippen MR) is 108 cm³/mol. The van der Waals surface area contributed by atoms with Crippen molar-refractivity contribution in [2.45, 2.75) is 65.8 Å². The maximum Gasteiger partial charge on any atom is 0.319 e. The van der Waals surface area contributed by atoms with E-state index in [1.807, 2.05) is 30.0 Å². The van der Waals surface area contributed by atoms with E-state index in [4.69, 9.17) is 0 Å². The molecule has 2 N–H and O–H groups in total. The largest absolute Gasteiger partial charge is 0.335 e. The summed E-state index contributed by atoms with van der Waals surface area (Å²) in [5, 5.41) is 6.28. The van der Waals surface area contributed by atoms with E-state index in [0.29, 0.717) is 12.3 Å². The monoisotopic (exact) mass is 369 g/mol. The maximum absolute atomic E-state index is 12.7. The lowest BCUT2D eigenvalue weighted by molar-refractivity contribution is -0.117. The molecule has 3 fully saturated rings. The Morgan fingerprint density at radius 1 is 1.26 bits per heavy atom. The average Bonchev–Trinajstić information content (AvgIpc) is 3.18. The molecule has 1 heterocycles. The third kappa shape index (κ3) is 2.74. The fraction of sp³-hybridized carbons (Fsp3) is 0.636. The summed E-state index contributed by atoms with van der Waals surface area (Å²) in [5.41, 5.74) is 3.06. The number of hydrogen-bond donors (Lipinski definition) is 2. The standard InChI is InChI=1S/C22H31N3O2/c1-14-16(7-5-8-17(14)25-12-6-9-19(25)26)23-20(27)24-18-13-15-10-11-22(18,4)21(15,2)3/h5,7-8,15,18H,6,9-13H2,1-4H3,(H2,23,24,27). The molecule has 4 rings (SSSR count). The quantitative estimate of drug-likeness (QED) is 0.826. The highest BCUT2D eigenvalue weighted by Crippen LogP contribution is 2.65. The lowest BCUT2D eigenvalue weighted by Crippen LogP contribution is -2.48. The number of nitrogens with zero attached hydrogens (tertiary/aromatic N) is 1.